The van der Waals surface area contributed by atoms with Crippen LogP contribution in [0.5, 0.6) is 0 Å². The van der Waals surface area contributed by atoms with Gasteiger partial charge in [-0.25, -0.2) is 0 Å². The Morgan fingerprint density at radius 1 is 1.23 bits per heavy atom. The minimum atomic E-state index is -0.195. The van der Waals surface area contributed by atoms with Gasteiger partial charge in [-0.2, -0.15) is 5.26 Å². The number of likely N-dealkylation sites (N-methyl/N-ethyl adjacent to an activating group) is 1. The van der Waals surface area contributed by atoms with Gasteiger partial charge >= 0.3 is 0 Å². The summed E-state index contributed by atoms with van der Waals surface area (Å²) in [5.41, 5.74) is 3.57. The molecule has 26 heavy (non-hydrogen) atoms. The first kappa shape index (κ1) is 19.5. The molecular weight excluding hydrogens is 324 g/mol. The third-order valence-electron chi connectivity index (χ3n) is 4.60. The van der Waals surface area contributed by atoms with Crippen molar-refractivity contribution >= 4 is 17.3 Å². The lowest BCUT2D eigenvalue weighted by Gasteiger charge is -2.24. The minimum Gasteiger partial charge on any atom is -0.378 e. The quantitative estimate of drug-likeness (QED) is 0.803. The molecule has 0 aromatic heterocycles. The van der Waals surface area contributed by atoms with Crippen LogP contribution in [0.4, 0.5) is 11.4 Å². The number of hydrogen-bond donors (Lipinski definition) is 2. The van der Waals surface area contributed by atoms with Crippen molar-refractivity contribution in [2.75, 3.05) is 30.9 Å². The Kier molecular flexibility index (Phi) is 6.76. The molecule has 2 N–H and O–H groups in total. The van der Waals surface area contributed by atoms with Gasteiger partial charge in [0.25, 0.3) is 5.91 Å². The van der Waals surface area contributed by atoms with Crippen molar-refractivity contribution in [3.8, 4) is 6.07 Å². The molecule has 0 aliphatic rings. The maximum absolute atomic E-state index is 12.6. The number of carbonyl (C=O) groups is 1. The second-order valence-corrected chi connectivity index (χ2v) is 6.65. The van der Waals surface area contributed by atoms with Crippen molar-refractivity contribution in [2.45, 2.75) is 26.4 Å². The molecule has 0 fully saturated rings. The van der Waals surface area contributed by atoms with Gasteiger partial charge in [-0.1, -0.05) is 18.2 Å². The molecule has 0 heterocycles. The number of carbonyl (C=O) groups excluding carboxylic acids is 1. The zero-order chi connectivity index (χ0) is 19.1. The van der Waals surface area contributed by atoms with E-state index < -0.39 is 0 Å². The van der Waals surface area contributed by atoms with Crippen molar-refractivity contribution in [2.24, 2.45) is 0 Å². The molecule has 5 heteroatoms. The molecule has 1 unspecified atom stereocenters. The van der Waals surface area contributed by atoms with Crippen LogP contribution in [-0.2, 0) is 11.3 Å². The highest BCUT2D eigenvalue weighted by atomic mass is 16.2. The van der Waals surface area contributed by atoms with Crippen LogP contribution in [0.25, 0.3) is 0 Å². The molecular formula is C21H27N4O+. The summed E-state index contributed by atoms with van der Waals surface area (Å²) < 4.78 is 0. The maximum Gasteiger partial charge on any atom is 0.282 e. The summed E-state index contributed by atoms with van der Waals surface area (Å²) in [5.74, 6) is -0.0400. The monoisotopic (exact) mass is 351 g/mol. The van der Waals surface area contributed by atoms with Crippen molar-refractivity contribution in [3.05, 3.63) is 59.7 Å². The van der Waals surface area contributed by atoms with Crippen LogP contribution in [0.2, 0.25) is 0 Å². The van der Waals surface area contributed by atoms with Crippen molar-refractivity contribution < 1.29 is 9.69 Å². The lowest BCUT2D eigenvalue weighted by Crippen LogP contribution is -3.15. The average molecular weight is 351 g/mol. The van der Waals surface area contributed by atoms with E-state index >= 15 is 0 Å². The van der Waals surface area contributed by atoms with Gasteiger partial charge in [-0.15, -0.1) is 0 Å². The molecule has 1 amide bonds. The molecule has 5 nitrogen and oxygen atoms in total. The first-order valence-electron chi connectivity index (χ1n) is 8.86. The summed E-state index contributed by atoms with van der Waals surface area (Å²) in [7, 11) is 4.04. The van der Waals surface area contributed by atoms with Gasteiger partial charge in [0.2, 0.25) is 0 Å². The lowest BCUT2D eigenvalue weighted by atomic mass is 10.1. The van der Waals surface area contributed by atoms with Gasteiger partial charge in [0, 0.05) is 31.0 Å². The van der Waals surface area contributed by atoms with Crippen LogP contribution in [-0.4, -0.2) is 32.6 Å². The number of rotatable bonds is 7. The predicted octanol–water partition coefficient (Wildman–Crippen LogP) is 2.06. The van der Waals surface area contributed by atoms with Gasteiger partial charge in [-0.3, -0.25) is 4.79 Å². The Balaban J connectivity index is 2.03. The van der Waals surface area contributed by atoms with E-state index in [9.17, 15) is 4.79 Å². The topological polar surface area (TPSA) is 60.6 Å². The summed E-state index contributed by atoms with van der Waals surface area (Å²) in [5, 5.41) is 11.9. The van der Waals surface area contributed by atoms with Crippen LogP contribution >= 0.6 is 0 Å². The zero-order valence-electron chi connectivity index (χ0n) is 15.9. The highest BCUT2D eigenvalue weighted by molar-refractivity contribution is 5.93. The van der Waals surface area contributed by atoms with Crippen LogP contribution < -0.4 is 15.1 Å². The van der Waals surface area contributed by atoms with Gasteiger partial charge in [0.15, 0.2) is 6.04 Å². The SMILES string of the molecule is CC[NH+](Cc1ccc(N(C)C)cc1)[C@H](C)C(=O)Nc1cccc(C#N)c1. The van der Waals surface area contributed by atoms with Gasteiger partial charge < -0.3 is 15.1 Å². The lowest BCUT2D eigenvalue weighted by molar-refractivity contribution is -0.925. The minimum absolute atomic E-state index is 0.0400. The van der Waals surface area contributed by atoms with Crippen molar-refractivity contribution in [1.82, 2.24) is 0 Å². The van der Waals surface area contributed by atoms with E-state index in [-0.39, 0.29) is 11.9 Å². The highest BCUT2D eigenvalue weighted by Gasteiger charge is 2.24. The number of amides is 1. The van der Waals surface area contributed by atoms with E-state index in [2.05, 4.69) is 47.5 Å². The average Bonchev–Trinajstić information content (AvgIpc) is 2.66. The Hall–Kier alpha value is -2.84. The number of nitrogens with one attached hydrogen (secondary N) is 2. The first-order valence-corrected chi connectivity index (χ1v) is 8.86. The van der Waals surface area contributed by atoms with Gasteiger partial charge in [-0.05, 0) is 44.2 Å². The molecule has 0 bridgehead atoms. The Morgan fingerprint density at radius 3 is 2.50 bits per heavy atom. The molecule has 2 rings (SSSR count). The summed E-state index contributed by atoms with van der Waals surface area (Å²) in [6, 6.07) is 17.3. The number of anilines is 2. The largest absolute Gasteiger partial charge is 0.378 e. The Morgan fingerprint density at radius 2 is 1.92 bits per heavy atom. The van der Waals surface area contributed by atoms with E-state index in [0.717, 1.165) is 18.8 Å². The fourth-order valence-corrected chi connectivity index (χ4v) is 2.86. The number of benzene rings is 2. The van der Waals surface area contributed by atoms with Gasteiger partial charge in [0.1, 0.15) is 6.54 Å². The number of quaternary nitrogens is 1. The molecule has 2 aromatic rings. The van der Waals surface area contributed by atoms with E-state index in [4.69, 9.17) is 5.26 Å². The second-order valence-electron chi connectivity index (χ2n) is 6.65. The number of nitrogens with zero attached hydrogens (tertiary/aromatic N) is 2. The molecule has 2 atom stereocenters. The maximum atomic E-state index is 12.6. The fraction of sp³-hybridized carbons (Fsp3) is 0.333. The molecule has 0 aliphatic carbocycles. The fourth-order valence-electron chi connectivity index (χ4n) is 2.86. The van der Waals surface area contributed by atoms with E-state index in [1.54, 1.807) is 24.3 Å². The second kappa shape index (κ2) is 9.02. The molecule has 0 spiro atoms. The Labute approximate surface area is 155 Å². The molecule has 2 aromatic carbocycles. The number of hydrogen-bond acceptors (Lipinski definition) is 3. The molecule has 0 radical (unpaired) electrons. The Bertz CT molecular complexity index is 777. The van der Waals surface area contributed by atoms with Crippen molar-refractivity contribution in [3.63, 3.8) is 0 Å². The smallest absolute Gasteiger partial charge is 0.282 e. The van der Waals surface area contributed by atoms with Crippen LogP contribution in [0.1, 0.15) is 25.0 Å². The van der Waals surface area contributed by atoms with Crippen LogP contribution in [0.15, 0.2) is 48.5 Å². The van der Waals surface area contributed by atoms with E-state index in [0.29, 0.717) is 11.3 Å². The third-order valence-corrected chi connectivity index (χ3v) is 4.60. The van der Waals surface area contributed by atoms with E-state index in [1.165, 1.54) is 10.5 Å². The molecule has 136 valence electrons. The molecule has 0 saturated carbocycles. The predicted molar refractivity (Wildman–Crippen MR) is 105 cm³/mol. The first-order chi connectivity index (χ1) is 12.4. The summed E-state index contributed by atoms with van der Waals surface area (Å²) in [6.07, 6.45) is 0. The zero-order valence-corrected chi connectivity index (χ0v) is 15.9. The normalized spacial score (nSPS) is 12.7. The van der Waals surface area contributed by atoms with Gasteiger partial charge in [0.05, 0.1) is 18.2 Å². The van der Waals surface area contributed by atoms with Crippen molar-refractivity contribution in [1.29, 1.82) is 5.26 Å². The summed E-state index contributed by atoms with van der Waals surface area (Å²) >= 11 is 0. The highest BCUT2D eigenvalue weighted by Crippen LogP contribution is 2.12. The third kappa shape index (κ3) is 5.08. The molecule has 0 saturated heterocycles. The summed E-state index contributed by atoms with van der Waals surface area (Å²) in [4.78, 5) is 15.9. The molecule has 0 aliphatic heterocycles. The van der Waals surface area contributed by atoms with Crippen LogP contribution in [0, 0.1) is 11.3 Å². The standard InChI is InChI=1S/C21H26N4O/c1-5-25(15-17-9-11-20(12-10-17)24(3)4)16(2)21(26)23-19-8-6-7-18(13-19)14-22/h6-13,16H,5,15H2,1-4H3,(H,23,26)/p+1/t16-/m1/s1. The van der Waals surface area contributed by atoms with Crippen LogP contribution in [0.3, 0.4) is 0 Å². The van der Waals surface area contributed by atoms with E-state index in [1.807, 2.05) is 21.0 Å². The number of nitriles is 1. The summed E-state index contributed by atoms with van der Waals surface area (Å²) in [6.45, 7) is 5.67.